The first-order valence-electron chi connectivity index (χ1n) is 4.89. The lowest BCUT2D eigenvalue weighted by Gasteiger charge is -2.05. The molecule has 1 radical (unpaired) electrons. The van der Waals surface area contributed by atoms with Crippen molar-refractivity contribution in [2.75, 3.05) is 6.61 Å². The molecule has 0 spiro atoms. The lowest BCUT2D eigenvalue weighted by molar-refractivity contribution is 0.309. The second kappa shape index (κ2) is 5.63. The second-order valence-electron chi connectivity index (χ2n) is 3.06. The normalized spacial score (nSPS) is 10.0. The molecule has 1 nitrogen and oxygen atoms in total. The molecule has 0 atom stereocenters. The average Bonchev–Trinajstić information content (AvgIpc) is 2.19. The van der Waals surface area contributed by atoms with Crippen molar-refractivity contribution in [2.45, 2.75) is 26.7 Å². The van der Waals surface area contributed by atoms with Crippen LogP contribution in [0.25, 0.3) is 0 Å². The molecule has 0 saturated heterocycles. The zero-order valence-electron chi connectivity index (χ0n) is 8.42. The monoisotopic (exact) mass is 177 g/mol. The van der Waals surface area contributed by atoms with Gasteiger partial charge in [-0.2, -0.15) is 0 Å². The second-order valence-corrected chi connectivity index (χ2v) is 3.06. The summed E-state index contributed by atoms with van der Waals surface area (Å²) in [7, 11) is 0. The maximum atomic E-state index is 5.57. The highest BCUT2D eigenvalue weighted by atomic mass is 16.5. The van der Waals surface area contributed by atoms with Crippen LogP contribution in [0.3, 0.4) is 0 Å². The van der Waals surface area contributed by atoms with Gasteiger partial charge in [0, 0.05) is 0 Å². The van der Waals surface area contributed by atoms with Crippen molar-refractivity contribution in [3.8, 4) is 5.75 Å². The average molecular weight is 177 g/mol. The predicted octanol–water partition coefficient (Wildman–Crippen LogP) is 3.44. The molecule has 1 rings (SSSR count). The minimum Gasteiger partial charge on any atom is -0.494 e. The van der Waals surface area contributed by atoms with E-state index in [-0.39, 0.29) is 0 Å². The van der Waals surface area contributed by atoms with E-state index in [1.165, 1.54) is 12.0 Å². The van der Waals surface area contributed by atoms with E-state index in [0.29, 0.717) is 0 Å². The Bertz CT molecular complexity index is 243. The van der Waals surface area contributed by atoms with Crippen LogP contribution < -0.4 is 4.74 Å². The van der Waals surface area contributed by atoms with Gasteiger partial charge in [0.25, 0.3) is 0 Å². The highest BCUT2D eigenvalue weighted by Crippen LogP contribution is 2.14. The lowest BCUT2D eigenvalue weighted by Crippen LogP contribution is -1.96. The molecule has 0 unspecified atom stereocenters. The van der Waals surface area contributed by atoms with Crippen molar-refractivity contribution in [2.24, 2.45) is 0 Å². The third-order valence-electron chi connectivity index (χ3n) is 1.96. The summed E-state index contributed by atoms with van der Waals surface area (Å²) in [5, 5.41) is 0. The first-order valence-corrected chi connectivity index (χ1v) is 4.89. The molecule has 0 saturated carbocycles. The van der Waals surface area contributed by atoms with Crippen LogP contribution in [0.4, 0.5) is 0 Å². The van der Waals surface area contributed by atoms with Crippen LogP contribution in [-0.4, -0.2) is 6.61 Å². The third-order valence-corrected chi connectivity index (χ3v) is 1.96. The van der Waals surface area contributed by atoms with E-state index in [1.807, 2.05) is 19.1 Å². The lowest BCUT2D eigenvalue weighted by atomic mass is 10.2. The summed E-state index contributed by atoms with van der Waals surface area (Å²) in [5.41, 5.74) is 1.22. The predicted molar refractivity (Wildman–Crippen MR) is 55.9 cm³/mol. The molecular formula is C12H17O. The van der Waals surface area contributed by atoms with E-state index in [2.05, 4.69) is 25.5 Å². The van der Waals surface area contributed by atoms with Gasteiger partial charge in [-0.15, -0.1) is 0 Å². The Morgan fingerprint density at radius 3 is 2.92 bits per heavy atom. The first-order chi connectivity index (χ1) is 6.36. The summed E-state index contributed by atoms with van der Waals surface area (Å²) in [6.07, 6.45) is 4.38. The van der Waals surface area contributed by atoms with Crippen molar-refractivity contribution >= 4 is 0 Å². The number of hydrogen-bond acceptors (Lipinski definition) is 1. The van der Waals surface area contributed by atoms with Crippen molar-refractivity contribution < 1.29 is 4.74 Å². The van der Waals surface area contributed by atoms with E-state index < -0.39 is 0 Å². The molecule has 1 heteroatoms. The Kier molecular flexibility index (Phi) is 4.37. The number of rotatable bonds is 5. The van der Waals surface area contributed by atoms with Crippen LogP contribution in [0.2, 0.25) is 0 Å². The summed E-state index contributed by atoms with van der Waals surface area (Å²) in [4.78, 5) is 0. The zero-order chi connectivity index (χ0) is 9.52. The molecule has 13 heavy (non-hydrogen) atoms. The number of unbranched alkanes of at least 4 members (excludes halogenated alkanes) is 1. The summed E-state index contributed by atoms with van der Waals surface area (Å²) < 4.78 is 5.57. The largest absolute Gasteiger partial charge is 0.494 e. The molecule has 0 aromatic heterocycles. The van der Waals surface area contributed by atoms with Crippen LogP contribution in [0.5, 0.6) is 5.75 Å². The van der Waals surface area contributed by atoms with E-state index in [9.17, 15) is 0 Å². The fraction of sp³-hybridized carbons (Fsp3) is 0.417. The fourth-order valence-corrected chi connectivity index (χ4v) is 1.12. The summed E-state index contributed by atoms with van der Waals surface area (Å²) in [6, 6.07) is 8.17. The summed E-state index contributed by atoms with van der Waals surface area (Å²) in [6.45, 7) is 5.02. The topological polar surface area (TPSA) is 9.23 Å². The molecule has 0 fully saturated rings. The standard InChI is InChI=1S/C12H17O/c1-3-5-9-13-12-8-6-7-11(4-2)10-12/h4,6-8,10H,3,5,9H2,1-2H3. The van der Waals surface area contributed by atoms with Gasteiger partial charge < -0.3 is 4.74 Å². The van der Waals surface area contributed by atoms with Gasteiger partial charge in [0.1, 0.15) is 5.75 Å². The molecule has 1 aromatic carbocycles. The van der Waals surface area contributed by atoms with E-state index >= 15 is 0 Å². The zero-order valence-corrected chi connectivity index (χ0v) is 8.42. The maximum Gasteiger partial charge on any atom is 0.119 e. The van der Waals surface area contributed by atoms with Gasteiger partial charge in [-0.05, 0) is 30.5 Å². The van der Waals surface area contributed by atoms with Crippen LogP contribution in [-0.2, 0) is 0 Å². The van der Waals surface area contributed by atoms with Crippen molar-refractivity contribution in [1.29, 1.82) is 0 Å². The van der Waals surface area contributed by atoms with Gasteiger partial charge in [-0.1, -0.05) is 32.4 Å². The minimum absolute atomic E-state index is 0.823. The number of benzene rings is 1. The van der Waals surface area contributed by atoms with Crippen molar-refractivity contribution in [3.63, 3.8) is 0 Å². The fourth-order valence-electron chi connectivity index (χ4n) is 1.12. The molecule has 0 aliphatic carbocycles. The Morgan fingerprint density at radius 1 is 1.38 bits per heavy atom. The molecule has 0 aliphatic heterocycles. The molecule has 0 aliphatic rings. The summed E-state index contributed by atoms with van der Waals surface area (Å²) >= 11 is 0. The third kappa shape index (κ3) is 3.49. The van der Waals surface area contributed by atoms with Crippen LogP contribution >= 0.6 is 0 Å². The molecular weight excluding hydrogens is 160 g/mol. The van der Waals surface area contributed by atoms with Crippen LogP contribution in [0.1, 0.15) is 32.3 Å². The highest BCUT2D eigenvalue weighted by Gasteiger charge is 1.94. The van der Waals surface area contributed by atoms with Crippen LogP contribution in [0, 0.1) is 6.42 Å². The Morgan fingerprint density at radius 2 is 2.23 bits per heavy atom. The van der Waals surface area contributed by atoms with Gasteiger partial charge in [0.2, 0.25) is 0 Å². The van der Waals surface area contributed by atoms with Gasteiger partial charge in [0.15, 0.2) is 0 Å². The Labute approximate surface area is 80.7 Å². The summed E-state index contributed by atoms with van der Waals surface area (Å²) in [5.74, 6) is 0.976. The Balaban J connectivity index is 2.46. The van der Waals surface area contributed by atoms with Crippen molar-refractivity contribution in [3.05, 3.63) is 36.2 Å². The minimum atomic E-state index is 0.823. The molecule has 0 heterocycles. The van der Waals surface area contributed by atoms with Gasteiger partial charge in [-0.3, -0.25) is 0 Å². The van der Waals surface area contributed by atoms with Gasteiger partial charge in [0.05, 0.1) is 6.61 Å². The quantitative estimate of drug-likeness (QED) is 0.626. The van der Waals surface area contributed by atoms with Crippen molar-refractivity contribution in [1.82, 2.24) is 0 Å². The highest BCUT2D eigenvalue weighted by molar-refractivity contribution is 5.32. The van der Waals surface area contributed by atoms with E-state index in [0.717, 1.165) is 18.8 Å². The smallest absolute Gasteiger partial charge is 0.119 e. The molecule has 0 amide bonds. The van der Waals surface area contributed by atoms with Gasteiger partial charge >= 0.3 is 0 Å². The van der Waals surface area contributed by atoms with E-state index in [4.69, 9.17) is 4.74 Å². The van der Waals surface area contributed by atoms with E-state index in [1.54, 1.807) is 0 Å². The molecule has 1 aromatic rings. The van der Waals surface area contributed by atoms with Gasteiger partial charge in [-0.25, -0.2) is 0 Å². The SMILES string of the molecule is C[CH]c1cccc(OCCCC)c1. The molecule has 0 bridgehead atoms. The first kappa shape index (κ1) is 10.1. The maximum absolute atomic E-state index is 5.57. The molecule has 0 N–H and O–H groups in total. The number of ether oxygens (including phenoxy) is 1. The molecule has 71 valence electrons. The van der Waals surface area contributed by atoms with Crippen LogP contribution in [0.15, 0.2) is 24.3 Å². The number of hydrogen-bond donors (Lipinski definition) is 0. The Hall–Kier alpha value is -0.980.